The van der Waals surface area contributed by atoms with Gasteiger partial charge in [-0.25, -0.2) is 8.42 Å². The first-order valence-corrected chi connectivity index (χ1v) is 9.15. The summed E-state index contributed by atoms with van der Waals surface area (Å²) in [6.45, 7) is 2.96. The number of nitrogens with zero attached hydrogens (tertiary/aromatic N) is 1. The lowest BCUT2D eigenvalue weighted by Gasteiger charge is -2.39. The van der Waals surface area contributed by atoms with Crippen LogP contribution < -0.4 is 0 Å². The second-order valence-corrected chi connectivity index (χ2v) is 8.28. The van der Waals surface area contributed by atoms with Crippen LogP contribution in [0.15, 0.2) is 21.8 Å². The van der Waals surface area contributed by atoms with E-state index in [-0.39, 0.29) is 24.0 Å². The minimum atomic E-state index is -3.78. The molecule has 128 valence electrons. The van der Waals surface area contributed by atoms with Crippen molar-refractivity contribution in [3.63, 3.8) is 0 Å². The third kappa shape index (κ3) is 3.02. The van der Waals surface area contributed by atoms with Gasteiger partial charge in [0, 0.05) is 37.8 Å². The third-order valence-corrected chi connectivity index (χ3v) is 6.60. The third-order valence-electron chi connectivity index (χ3n) is 4.76. The summed E-state index contributed by atoms with van der Waals surface area (Å²) >= 11 is 0. The summed E-state index contributed by atoms with van der Waals surface area (Å²) < 4.78 is 38.1. The summed E-state index contributed by atoms with van der Waals surface area (Å²) in [5.41, 5.74) is 0.184. The van der Waals surface area contributed by atoms with Gasteiger partial charge in [-0.05, 0) is 37.7 Å². The number of hydrogen-bond donors (Lipinski definition) is 1. The van der Waals surface area contributed by atoms with Crippen LogP contribution in [0.25, 0.3) is 0 Å². The van der Waals surface area contributed by atoms with Crippen LogP contribution in [0.5, 0.6) is 0 Å². The van der Waals surface area contributed by atoms with Gasteiger partial charge >= 0.3 is 5.97 Å². The molecule has 2 saturated heterocycles. The highest BCUT2D eigenvalue weighted by molar-refractivity contribution is 7.89. The molecular formula is C15H21NO6S. The standard InChI is InChI=1S/C15H21NO6S/c1-11-6-14(22-10-11)23(19,20)16-9-12(7-13(17)18)8-15(16)2-4-21-5-3-15/h6,10,12H,2-5,7-9H2,1H3,(H,17,18). The summed E-state index contributed by atoms with van der Waals surface area (Å²) in [4.78, 5) is 11.0. The molecule has 0 aromatic carbocycles. The zero-order chi connectivity index (χ0) is 16.7. The average Bonchev–Trinajstić information content (AvgIpc) is 3.05. The van der Waals surface area contributed by atoms with Crippen LogP contribution in [0.4, 0.5) is 0 Å². The molecule has 1 aromatic heterocycles. The van der Waals surface area contributed by atoms with E-state index in [0.29, 0.717) is 32.5 Å². The molecule has 0 bridgehead atoms. The summed E-state index contributed by atoms with van der Waals surface area (Å²) in [6.07, 6.45) is 3.12. The van der Waals surface area contributed by atoms with Crippen molar-refractivity contribution >= 4 is 16.0 Å². The average molecular weight is 343 g/mol. The van der Waals surface area contributed by atoms with Crippen molar-refractivity contribution in [2.45, 2.75) is 43.2 Å². The van der Waals surface area contributed by atoms with Gasteiger partial charge in [-0.2, -0.15) is 4.31 Å². The lowest BCUT2D eigenvalue weighted by molar-refractivity contribution is -0.138. The van der Waals surface area contributed by atoms with E-state index in [2.05, 4.69) is 0 Å². The molecule has 8 heteroatoms. The Kier molecular flexibility index (Phi) is 4.24. The predicted octanol–water partition coefficient (Wildman–Crippen LogP) is 1.62. The van der Waals surface area contributed by atoms with Gasteiger partial charge in [0.15, 0.2) is 0 Å². The van der Waals surface area contributed by atoms with Crippen molar-refractivity contribution in [3.8, 4) is 0 Å². The number of aliphatic carboxylic acids is 1. The highest BCUT2D eigenvalue weighted by atomic mass is 32.2. The van der Waals surface area contributed by atoms with Gasteiger partial charge in [0.05, 0.1) is 6.26 Å². The predicted molar refractivity (Wildman–Crippen MR) is 80.5 cm³/mol. The Morgan fingerprint density at radius 2 is 2.13 bits per heavy atom. The molecule has 3 heterocycles. The minimum Gasteiger partial charge on any atom is -0.481 e. The van der Waals surface area contributed by atoms with Gasteiger partial charge in [-0.15, -0.1) is 0 Å². The van der Waals surface area contributed by atoms with Crippen LogP contribution in [0.2, 0.25) is 0 Å². The number of hydrogen-bond acceptors (Lipinski definition) is 5. The molecule has 1 N–H and O–H groups in total. The van der Waals surface area contributed by atoms with E-state index in [1.165, 1.54) is 16.6 Å². The minimum absolute atomic E-state index is 0.0220. The van der Waals surface area contributed by atoms with Gasteiger partial charge in [0.25, 0.3) is 10.0 Å². The van der Waals surface area contributed by atoms with Crippen LogP contribution in [0, 0.1) is 12.8 Å². The van der Waals surface area contributed by atoms with Gasteiger partial charge in [0.2, 0.25) is 5.09 Å². The van der Waals surface area contributed by atoms with Crippen molar-refractivity contribution in [3.05, 3.63) is 17.9 Å². The van der Waals surface area contributed by atoms with Crippen molar-refractivity contribution in [2.75, 3.05) is 19.8 Å². The molecule has 23 heavy (non-hydrogen) atoms. The number of carboxylic acids is 1. The largest absolute Gasteiger partial charge is 0.481 e. The monoisotopic (exact) mass is 343 g/mol. The molecule has 1 aromatic rings. The molecule has 2 aliphatic rings. The molecule has 0 aliphatic carbocycles. The maximum atomic E-state index is 13.0. The molecule has 1 atom stereocenters. The number of sulfonamides is 1. The number of aryl methyl sites for hydroxylation is 1. The Hall–Kier alpha value is -1.38. The van der Waals surface area contributed by atoms with E-state index in [9.17, 15) is 13.2 Å². The van der Waals surface area contributed by atoms with Gasteiger partial charge in [0.1, 0.15) is 0 Å². The molecule has 1 unspecified atom stereocenters. The van der Waals surface area contributed by atoms with Crippen molar-refractivity contribution in [1.29, 1.82) is 0 Å². The SMILES string of the molecule is Cc1coc(S(=O)(=O)N2CC(CC(=O)O)CC23CCOCC3)c1. The summed E-state index contributed by atoms with van der Waals surface area (Å²) in [7, 11) is -3.78. The molecule has 2 aliphatic heterocycles. The van der Waals surface area contributed by atoms with E-state index in [1.54, 1.807) is 6.92 Å². The molecule has 0 radical (unpaired) electrons. The number of ether oxygens (including phenoxy) is 1. The first kappa shape index (κ1) is 16.5. The lowest BCUT2D eigenvalue weighted by atomic mass is 9.85. The topological polar surface area (TPSA) is 97.1 Å². The quantitative estimate of drug-likeness (QED) is 0.892. The van der Waals surface area contributed by atoms with Crippen LogP contribution in [0.3, 0.4) is 0 Å². The van der Waals surface area contributed by atoms with Crippen molar-refractivity contribution in [2.24, 2.45) is 5.92 Å². The molecule has 3 rings (SSSR count). The Morgan fingerprint density at radius 3 is 2.70 bits per heavy atom. The number of carbonyl (C=O) groups is 1. The maximum absolute atomic E-state index is 13.0. The number of furan rings is 1. The fourth-order valence-corrected chi connectivity index (χ4v) is 5.62. The van der Waals surface area contributed by atoms with Gasteiger partial charge in [-0.1, -0.05) is 0 Å². The van der Waals surface area contributed by atoms with Crippen molar-refractivity contribution in [1.82, 2.24) is 4.31 Å². The fraction of sp³-hybridized carbons (Fsp3) is 0.667. The second-order valence-electron chi connectivity index (χ2n) is 6.48. The molecule has 0 amide bonds. The maximum Gasteiger partial charge on any atom is 0.303 e. The molecule has 1 spiro atoms. The first-order valence-electron chi connectivity index (χ1n) is 7.71. The van der Waals surface area contributed by atoms with E-state index in [1.807, 2.05) is 0 Å². The molecule has 7 nitrogen and oxygen atoms in total. The first-order chi connectivity index (χ1) is 10.8. The zero-order valence-corrected chi connectivity index (χ0v) is 13.8. The Bertz CT molecular complexity index is 689. The smallest absolute Gasteiger partial charge is 0.303 e. The van der Waals surface area contributed by atoms with Crippen LogP contribution in [0.1, 0.15) is 31.2 Å². The van der Waals surface area contributed by atoms with Gasteiger partial charge < -0.3 is 14.3 Å². The van der Waals surface area contributed by atoms with Crippen LogP contribution >= 0.6 is 0 Å². The fourth-order valence-electron chi connectivity index (χ4n) is 3.72. The van der Waals surface area contributed by atoms with Gasteiger partial charge in [-0.3, -0.25) is 4.79 Å². The molecule has 0 saturated carbocycles. The summed E-state index contributed by atoms with van der Waals surface area (Å²) in [5.74, 6) is -1.08. The summed E-state index contributed by atoms with van der Waals surface area (Å²) in [6, 6.07) is 1.51. The van der Waals surface area contributed by atoms with E-state index in [4.69, 9.17) is 14.3 Å². The Labute approximate surface area is 135 Å². The Balaban J connectivity index is 1.95. The second kappa shape index (κ2) is 5.92. The van der Waals surface area contributed by atoms with E-state index >= 15 is 0 Å². The zero-order valence-electron chi connectivity index (χ0n) is 13.0. The Morgan fingerprint density at radius 1 is 1.43 bits per heavy atom. The number of carboxylic acid groups (broad SMARTS) is 1. The normalized spacial score (nSPS) is 25.0. The van der Waals surface area contributed by atoms with E-state index in [0.717, 1.165) is 5.56 Å². The van der Waals surface area contributed by atoms with E-state index < -0.39 is 21.5 Å². The van der Waals surface area contributed by atoms with Crippen LogP contribution in [-0.2, 0) is 19.6 Å². The molecular weight excluding hydrogens is 322 g/mol. The highest BCUT2D eigenvalue weighted by Crippen LogP contribution is 2.44. The highest BCUT2D eigenvalue weighted by Gasteiger charge is 2.52. The lowest BCUT2D eigenvalue weighted by Crippen LogP contribution is -2.50. The summed E-state index contributed by atoms with van der Waals surface area (Å²) in [5, 5.41) is 8.99. The van der Waals surface area contributed by atoms with Crippen molar-refractivity contribution < 1.29 is 27.5 Å². The molecule has 2 fully saturated rings. The number of rotatable bonds is 4. The van der Waals surface area contributed by atoms with Crippen LogP contribution in [-0.4, -0.2) is 49.1 Å².